The molecule has 4 heteroatoms. The molecule has 0 spiro atoms. The largest absolute Gasteiger partial charge is 0.478 e. The van der Waals surface area contributed by atoms with Crippen molar-refractivity contribution in [2.75, 3.05) is 6.61 Å². The predicted molar refractivity (Wildman–Crippen MR) is 115 cm³/mol. The molecule has 28 heavy (non-hydrogen) atoms. The molecule has 4 nitrogen and oxygen atoms in total. The molecule has 3 atom stereocenters. The van der Waals surface area contributed by atoms with Crippen molar-refractivity contribution in [1.29, 1.82) is 0 Å². The summed E-state index contributed by atoms with van der Waals surface area (Å²) in [5.74, 6) is -0.631. The minimum Gasteiger partial charge on any atom is -0.478 e. The quantitative estimate of drug-likeness (QED) is 0.336. The van der Waals surface area contributed by atoms with E-state index in [2.05, 4.69) is 46.1 Å². The Morgan fingerprint density at radius 1 is 1.14 bits per heavy atom. The fourth-order valence-corrected chi connectivity index (χ4v) is 3.41. The van der Waals surface area contributed by atoms with Crippen LogP contribution < -0.4 is 0 Å². The third-order valence-electron chi connectivity index (χ3n) is 5.40. The van der Waals surface area contributed by atoms with Gasteiger partial charge in [-0.05, 0) is 83.6 Å². The summed E-state index contributed by atoms with van der Waals surface area (Å²) in [6.07, 6.45) is 10.7. The number of allylic oxidation sites excluding steroid dienone is 4. The first-order valence-electron chi connectivity index (χ1n) is 10.4. The number of carbonyl (C=O) groups is 1. The summed E-state index contributed by atoms with van der Waals surface area (Å²) in [4.78, 5) is 10.9. The van der Waals surface area contributed by atoms with E-state index in [0.717, 1.165) is 44.1 Å². The fourth-order valence-electron chi connectivity index (χ4n) is 3.41. The molecule has 1 aliphatic heterocycles. The van der Waals surface area contributed by atoms with Gasteiger partial charge in [0.15, 0.2) is 0 Å². The molecule has 0 amide bonds. The summed E-state index contributed by atoms with van der Waals surface area (Å²) < 4.78 is 5.65. The van der Waals surface area contributed by atoms with Gasteiger partial charge in [-0.1, -0.05) is 36.5 Å². The van der Waals surface area contributed by atoms with Crippen molar-refractivity contribution in [3.63, 3.8) is 0 Å². The Labute approximate surface area is 170 Å². The van der Waals surface area contributed by atoms with Gasteiger partial charge >= 0.3 is 5.97 Å². The third kappa shape index (κ3) is 9.52. The maximum atomic E-state index is 10.9. The van der Waals surface area contributed by atoms with Crippen molar-refractivity contribution in [2.24, 2.45) is 5.92 Å². The lowest BCUT2D eigenvalue weighted by Crippen LogP contribution is -2.30. The van der Waals surface area contributed by atoms with E-state index in [4.69, 9.17) is 9.84 Å². The maximum absolute atomic E-state index is 10.9. The second-order valence-corrected chi connectivity index (χ2v) is 8.26. The van der Waals surface area contributed by atoms with Gasteiger partial charge in [-0.2, -0.15) is 0 Å². The van der Waals surface area contributed by atoms with Gasteiger partial charge in [-0.25, -0.2) is 4.79 Å². The van der Waals surface area contributed by atoms with Crippen LogP contribution in [0.25, 0.3) is 0 Å². The predicted octanol–water partition coefficient (Wildman–Crippen LogP) is 5.59. The van der Waals surface area contributed by atoms with E-state index in [-0.39, 0.29) is 11.7 Å². The highest BCUT2D eigenvalue weighted by molar-refractivity contribution is 5.86. The van der Waals surface area contributed by atoms with Crippen molar-refractivity contribution < 1.29 is 19.7 Å². The highest BCUT2D eigenvalue weighted by Crippen LogP contribution is 2.27. The number of aliphatic carboxylic acids is 1. The van der Waals surface area contributed by atoms with E-state index in [1.165, 1.54) is 11.1 Å². The van der Waals surface area contributed by atoms with Gasteiger partial charge in [0.25, 0.3) is 0 Å². The second-order valence-electron chi connectivity index (χ2n) is 8.26. The highest BCUT2D eigenvalue weighted by atomic mass is 16.5. The van der Waals surface area contributed by atoms with Crippen LogP contribution in [-0.2, 0) is 9.53 Å². The van der Waals surface area contributed by atoms with Crippen molar-refractivity contribution in [3.05, 3.63) is 47.6 Å². The summed E-state index contributed by atoms with van der Waals surface area (Å²) in [6, 6.07) is 0. The molecule has 1 rings (SSSR count). The van der Waals surface area contributed by atoms with Gasteiger partial charge in [0.1, 0.15) is 0 Å². The van der Waals surface area contributed by atoms with E-state index in [1.807, 2.05) is 0 Å². The van der Waals surface area contributed by atoms with Crippen LogP contribution in [0.3, 0.4) is 0 Å². The molecule has 1 aliphatic rings. The van der Waals surface area contributed by atoms with Crippen LogP contribution >= 0.6 is 0 Å². The smallest absolute Gasteiger partial charge is 0.333 e. The number of carboxylic acid groups (broad SMARTS) is 1. The molecule has 0 bridgehead atoms. The van der Waals surface area contributed by atoms with Crippen LogP contribution in [0.5, 0.6) is 0 Å². The van der Waals surface area contributed by atoms with Gasteiger partial charge in [0, 0.05) is 0 Å². The number of ether oxygens (including phenoxy) is 1. The molecular formula is C24H38O4. The first-order valence-corrected chi connectivity index (χ1v) is 10.4. The molecule has 0 aromatic carbocycles. The average molecular weight is 391 g/mol. The molecule has 0 saturated carbocycles. The number of aliphatic hydroxyl groups excluding tert-OH is 1. The second kappa shape index (κ2) is 12.7. The molecule has 0 aliphatic carbocycles. The van der Waals surface area contributed by atoms with Crippen LogP contribution in [0.1, 0.15) is 72.1 Å². The van der Waals surface area contributed by atoms with Gasteiger partial charge in [-0.15, -0.1) is 0 Å². The van der Waals surface area contributed by atoms with Crippen LogP contribution in [0.2, 0.25) is 0 Å². The number of rotatable bonds is 12. The van der Waals surface area contributed by atoms with E-state index in [9.17, 15) is 9.90 Å². The number of aliphatic hydroxyl groups is 1. The zero-order chi connectivity index (χ0) is 21.1. The minimum atomic E-state index is -0.989. The fraction of sp³-hybridized carbons (Fsp3) is 0.625. The number of hydrogen-bond donors (Lipinski definition) is 2. The topological polar surface area (TPSA) is 66.8 Å². The molecule has 1 fully saturated rings. The number of carboxylic acids is 1. The van der Waals surface area contributed by atoms with Crippen LogP contribution in [0.15, 0.2) is 47.6 Å². The molecule has 158 valence electrons. The Morgan fingerprint density at radius 2 is 1.82 bits per heavy atom. The molecule has 1 saturated heterocycles. The summed E-state index contributed by atoms with van der Waals surface area (Å²) in [7, 11) is 0. The first-order chi connectivity index (χ1) is 13.2. The molecule has 0 radical (unpaired) electrons. The lowest BCUT2D eigenvalue weighted by Gasteiger charge is -2.29. The van der Waals surface area contributed by atoms with E-state index < -0.39 is 12.1 Å². The lowest BCUT2D eigenvalue weighted by molar-refractivity contribution is -0.135. The zero-order valence-electron chi connectivity index (χ0n) is 17.9. The van der Waals surface area contributed by atoms with Gasteiger partial charge in [0.05, 0.1) is 24.4 Å². The summed E-state index contributed by atoms with van der Waals surface area (Å²) in [5, 5.41) is 19.3. The SMILES string of the molecule is C=C(CC/C=C(\C)CCC=C(C)C)C(O)CC[C@H]1CC[C@H](C(=C)C(=O)O)OC1. The van der Waals surface area contributed by atoms with E-state index in [0.29, 0.717) is 25.4 Å². The Hall–Kier alpha value is -1.65. The third-order valence-corrected chi connectivity index (χ3v) is 5.40. The summed E-state index contributed by atoms with van der Waals surface area (Å²) in [6.45, 7) is 14.6. The molecule has 1 unspecified atom stereocenters. The Morgan fingerprint density at radius 3 is 2.39 bits per heavy atom. The molecular weight excluding hydrogens is 352 g/mol. The maximum Gasteiger partial charge on any atom is 0.333 e. The number of hydrogen-bond acceptors (Lipinski definition) is 3. The van der Waals surface area contributed by atoms with Crippen molar-refractivity contribution >= 4 is 5.97 Å². The Bertz CT molecular complexity index is 588. The minimum absolute atomic E-state index is 0.135. The Balaban J connectivity index is 2.24. The van der Waals surface area contributed by atoms with Gasteiger partial charge < -0.3 is 14.9 Å². The average Bonchev–Trinajstić information content (AvgIpc) is 2.65. The normalized spacial score (nSPS) is 21.1. The molecule has 0 aromatic heterocycles. The van der Waals surface area contributed by atoms with Crippen molar-refractivity contribution in [2.45, 2.75) is 84.3 Å². The van der Waals surface area contributed by atoms with Gasteiger partial charge in [0.2, 0.25) is 0 Å². The van der Waals surface area contributed by atoms with Crippen LogP contribution in [0, 0.1) is 5.92 Å². The van der Waals surface area contributed by atoms with E-state index >= 15 is 0 Å². The lowest BCUT2D eigenvalue weighted by atomic mass is 9.89. The molecule has 0 aromatic rings. The van der Waals surface area contributed by atoms with Crippen LogP contribution in [-0.4, -0.2) is 35.0 Å². The summed E-state index contributed by atoms with van der Waals surface area (Å²) >= 11 is 0. The van der Waals surface area contributed by atoms with Gasteiger partial charge in [-0.3, -0.25) is 0 Å². The zero-order valence-corrected chi connectivity index (χ0v) is 17.9. The first kappa shape index (κ1) is 24.4. The van der Waals surface area contributed by atoms with E-state index in [1.54, 1.807) is 0 Å². The standard InChI is InChI=1S/C24H38O4/c1-17(2)8-6-9-18(3)10-7-11-19(4)22(25)14-12-21-13-15-23(28-16-21)20(5)24(26)27/h8,10,21-23,25H,4-7,9,11-16H2,1-3H3,(H,26,27)/b18-10+/t21-,22?,23+/m0/s1. The highest BCUT2D eigenvalue weighted by Gasteiger charge is 2.26. The van der Waals surface area contributed by atoms with Crippen molar-refractivity contribution in [3.8, 4) is 0 Å². The van der Waals surface area contributed by atoms with Crippen molar-refractivity contribution in [1.82, 2.24) is 0 Å². The molecule has 1 heterocycles. The monoisotopic (exact) mass is 390 g/mol. The summed E-state index contributed by atoms with van der Waals surface area (Å²) in [5.41, 5.74) is 3.77. The Kier molecular flexibility index (Phi) is 11.1. The molecule has 2 N–H and O–H groups in total. The van der Waals surface area contributed by atoms with Crippen LogP contribution in [0.4, 0.5) is 0 Å².